The summed E-state index contributed by atoms with van der Waals surface area (Å²) in [5.41, 5.74) is 1.04. The van der Waals surface area contributed by atoms with Gasteiger partial charge in [-0.2, -0.15) is 0 Å². The molecular formula is C18H14O4S. The molecule has 0 saturated carbocycles. The van der Waals surface area contributed by atoms with Crippen molar-refractivity contribution in [3.63, 3.8) is 0 Å². The van der Waals surface area contributed by atoms with Crippen molar-refractivity contribution in [2.24, 2.45) is 0 Å². The van der Waals surface area contributed by atoms with Crippen LogP contribution in [0.25, 0.3) is 20.5 Å². The van der Waals surface area contributed by atoms with E-state index in [1.54, 1.807) is 29.5 Å². The number of benzene rings is 2. The maximum Gasteiger partial charge on any atom is 0.308 e. The third-order valence-corrected chi connectivity index (χ3v) is 4.30. The van der Waals surface area contributed by atoms with E-state index in [1.165, 1.54) is 13.8 Å². The van der Waals surface area contributed by atoms with Crippen LogP contribution in [0.5, 0.6) is 11.5 Å². The van der Waals surface area contributed by atoms with E-state index in [4.69, 9.17) is 9.47 Å². The lowest BCUT2D eigenvalue weighted by Crippen LogP contribution is -2.00. The molecule has 4 nitrogen and oxygen atoms in total. The lowest BCUT2D eigenvalue weighted by Gasteiger charge is -2.02. The molecule has 23 heavy (non-hydrogen) atoms. The largest absolute Gasteiger partial charge is 0.427 e. The lowest BCUT2D eigenvalue weighted by molar-refractivity contribution is -0.132. The Labute approximate surface area is 137 Å². The molecule has 2 aromatic carbocycles. The summed E-state index contributed by atoms with van der Waals surface area (Å²) in [5, 5.41) is 1.09. The normalized spacial score (nSPS) is 10.5. The van der Waals surface area contributed by atoms with Gasteiger partial charge in [0.1, 0.15) is 11.5 Å². The molecule has 0 amide bonds. The summed E-state index contributed by atoms with van der Waals surface area (Å²) in [6.07, 6.45) is 0. The Kier molecular flexibility index (Phi) is 4.12. The summed E-state index contributed by atoms with van der Waals surface area (Å²) in [6.45, 7) is 2.76. The molecule has 3 rings (SSSR count). The Hall–Kier alpha value is -2.66. The molecule has 0 fully saturated rings. The summed E-state index contributed by atoms with van der Waals surface area (Å²) in [6, 6.07) is 15.0. The Morgan fingerprint density at radius 1 is 0.826 bits per heavy atom. The molecular weight excluding hydrogens is 312 g/mol. The van der Waals surface area contributed by atoms with Crippen LogP contribution in [-0.2, 0) is 9.59 Å². The minimum atomic E-state index is -0.336. The molecule has 5 heteroatoms. The van der Waals surface area contributed by atoms with Crippen molar-refractivity contribution >= 4 is 33.4 Å². The molecule has 0 N–H and O–H groups in total. The first kappa shape index (κ1) is 15.2. The fourth-order valence-electron chi connectivity index (χ4n) is 2.24. The van der Waals surface area contributed by atoms with Gasteiger partial charge in [-0.05, 0) is 59.5 Å². The van der Waals surface area contributed by atoms with Crippen LogP contribution in [0.2, 0.25) is 0 Å². The lowest BCUT2D eigenvalue weighted by atomic mass is 10.1. The van der Waals surface area contributed by atoms with Gasteiger partial charge in [-0.25, -0.2) is 0 Å². The van der Waals surface area contributed by atoms with Crippen molar-refractivity contribution < 1.29 is 19.1 Å². The zero-order valence-electron chi connectivity index (χ0n) is 12.7. The van der Waals surface area contributed by atoms with Crippen LogP contribution >= 0.6 is 11.3 Å². The quantitative estimate of drug-likeness (QED) is 0.528. The number of carbonyl (C=O) groups excluding carboxylic acids is 2. The molecule has 0 bridgehead atoms. The van der Waals surface area contributed by atoms with E-state index >= 15 is 0 Å². The predicted octanol–water partition coefficient (Wildman–Crippen LogP) is 4.42. The number of thiophene rings is 1. The number of hydrogen-bond donors (Lipinski definition) is 0. The zero-order valence-corrected chi connectivity index (χ0v) is 13.5. The van der Waals surface area contributed by atoms with E-state index in [1.807, 2.05) is 24.3 Å². The number of fused-ring (bicyclic) bond motifs is 1. The number of hydrogen-bond acceptors (Lipinski definition) is 5. The Morgan fingerprint density at radius 2 is 1.43 bits per heavy atom. The standard InChI is InChI=1S/C18H14O4S/c1-11(19)21-15-6-3-13(4-7-15)17-9-14-5-8-16(22-12(2)20)10-18(14)23-17/h3-10H,1-2H3. The van der Waals surface area contributed by atoms with Gasteiger partial charge in [0.25, 0.3) is 0 Å². The van der Waals surface area contributed by atoms with Crippen LogP contribution in [0.3, 0.4) is 0 Å². The van der Waals surface area contributed by atoms with Gasteiger partial charge in [0.2, 0.25) is 0 Å². The molecule has 3 aromatic rings. The SMILES string of the molecule is CC(=O)Oc1ccc(-c2cc3ccc(OC(C)=O)cc3s2)cc1. The monoisotopic (exact) mass is 326 g/mol. The molecule has 0 spiro atoms. The molecule has 0 aliphatic carbocycles. The first-order valence-electron chi connectivity index (χ1n) is 7.02. The number of ether oxygens (including phenoxy) is 2. The molecule has 0 aliphatic rings. The second-order valence-electron chi connectivity index (χ2n) is 5.02. The highest BCUT2D eigenvalue weighted by Crippen LogP contribution is 2.36. The van der Waals surface area contributed by atoms with Crippen LogP contribution in [0.15, 0.2) is 48.5 Å². The predicted molar refractivity (Wildman–Crippen MR) is 89.9 cm³/mol. The van der Waals surface area contributed by atoms with Crippen molar-refractivity contribution in [2.75, 3.05) is 0 Å². The second kappa shape index (κ2) is 6.22. The molecule has 0 unspecified atom stereocenters. The smallest absolute Gasteiger partial charge is 0.308 e. The van der Waals surface area contributed by atoms with Crippen LogP contribution in [0, 0.1) is 0 Å². The van der Waals surface area contributed by atoms with Crippen molar-refractivity contribution in [3.05, 3.63) is 48.5 Å². The van der Waals surface area contributed by atoms with Gasteiger partial charge < -0.3 is 9.47 Å². The molecule has 0 aliphatic heterocycles. The minimum absolute atomic E-state index is 0.331. The van der Waals surface area contributed by atoms with E-state index in [0.717, 1.165) is 20.5 Å². The van der Waals surface area contributed by atoms with E-state index in [-0.39, 0.29) is 11.9 Å². The van der Waals surface area contributed by atoms with Crippen LogP contribution in [0.1, 0.15) is 13.8 Å². The maximum atomic E-state index is 11.0. The summed E-state index contributed by atoms with van der Waals surface area (Å²) in [7, 11) is 0. The fourth-order valence-corrected chi connectivity index (χ4v) is 3.33. The van der Waals surface area contributed by atoms with Gasteiger partial charge in [0.05, 0.1) is 0 Å². The van der Waals surface area contributed by atoms with Gasteiger partial charge >= 0.3 is 11.9 Å². The molecule has 0 radical (unpaired) electrons. The number of esters is 2. The second-order valence-corrected chi connectivity index (χ2v) is 6.11. The highest BCUT2D eigenvalue weighted by molar-refractivity contribution is 7.22. The van der Waals surface area contributed by atoms with Gasteiger partial charge in [-0.1, -0.05) is 0 Å². The molecule has 116 valence electrons. The molecule has 0 saturated heterocycles. The maximum absolute atomic E-state index is 11.0. The third-order valence-electron chi connectivity index (χ3n) is 3.15. The molecule has 1 aromatic heterocycles. The summed E-state index contributed by atoms with van der Waals surface area (Å²) in [5.74, 6) is 0.405. The summed E-state index contributed by atoms with van der Waals surface area (Å²) < 4.78 is 11.2. The topological polar surface area (TPSA) is 52.6 Å². The fraction of sp³-hybridized carbons (Fsp3) is 0.111. The van der Waals surface area contributed by atoms with Gasteiger partial charge in [-0.3, -0.25) is 9.59 Å². The average Bonchev–Trinajstić information content (AvgIpc) is 2.90. The number of rotatable bonds is 3. The highest BCUT2D eigenvalue weighted by atomic mass is 32.1. The van der Waals surface area contributed by atoms with Crippen molar-refractivity contribution in [1.82, 2.24) is 0 Å². The molecule has 0 atom stereocenters. The van der Waals surface area contributed by atoms with Crippen LogP contribution in [-0.4, -0.2) is 11.9 Å². The number of carbonyl (C=O) groups is 2. The highest BCUT2D eigenvalue weighted by Gasteiger charge is 2.07. The average molecular weight is 326 g/mol. The Bertz CT molecular complexity index is 878. The van der Waals surface area contributed by atoms with Gasteiger partial charge in [0.15, 0.2) is 0 Å². The summed E-state index contributed by atoms with van der Waals surface area (Å²) >= 11 is 1.61. The summed E-state index contributed by atoms with van der Waals surface area (Å²) in [4.78, 5) is 23.1. The third kappa shape index (κ3) is 3.57. The van der Waals surface area contributed by atoms with Crippen molar-refractivity contribution in [3.8, 4) is 21.9 Å². The Morgan fingerprint density at radius 3 is 2.09 bits per heavy atom. The van der Waals surface area contributed by atoms with E-state index in [9.17, 15) is 9.59 Å². The molecule has 1 heterocycles. The van der Waals surface area contributed by atoms with Crippen molar-refractivity contribution in [1.29, 1.82) is 0 Å². The van der Waals surface area contributed by atoms with E-state index in [0.29, 0.717) is 11.5 Å². The van der Waals surface area contributed by atoms with Crippen LogP contribution in [0.4, 0.5) is 0 Å². The minimum Gasteiger partial charge on any atom is -0.427 e. The van der Waals surface area contributed by atoms with Crippen molar-refractivity contribution in [2.45, 2.75) is 13.8 Å². The van der Waals surface area contributed by atoms with E-state index < -0.39 is 0 Å². The van der Waals surface area contributed by atoms with Gasteiger partial charge in [-0.15, -0.1) is 11.3 Å². The van der Waals surface area contributed by atoms with Crippen LogP contribution < -0.4 is 9.47 Å². The zero-order chi connectivity index (χ0) is 16.4. The first-order valence-corrected chi connectivity index (χ1v) is 7.84. The first-order chi connectivity index (χ1) is 11.0. The van der Waals surface area contributed by atoms with E-state index in [2.05, 4.69) is 6.07 Å². The Balaban J connectivity index is 1.90. The van der Waals surface area contributed by atoms with Gasteiger partial charge in [0, 0.05) is 23.4 Å².